The van der Waals surface area contributed by atoms with Gasteiger partial charge in [0.2, 0.25) is 0 Å². The normalized spacial score (nSPS) is 10.8. The molecule has 0 fully saturated rings. The summed E-state index contributed by atoms with van der Waals surface area (Å²) in [5.41, 5.74) is 5.67. The van der Waals surface area contributed by atoms with Crippen LogP contribution in [0.15, 0.2) is 6.20 Å². The largest absolute Gasteiger partial charge is 0.383 e. The van der Waals surface area contributed by atoms with Gasteiger partial charge in [0.05, 0.1) is 3.57 Å². The Morgan fingerprint density at radius 3 is 2.77 bits per heavy atom. The van der Waals surface area contributed by atoms with Crippen molar-refractivity contribution in [3.8, 4) is 0 Å². The maximum absolute atomic E-state index is 5.67. The highest BCUT2D eigenvalue weighted by Gasteiger charge is 2.02. The van der Waals surface area contributed by atoms with E-state index in [2.05, 4.69) is 46.4 Å². The third kappa shape index (κ3) is 3.46. The summed E-state index contributed by atoms with van der Waals surface area (Å²) in [5, 5.41) is 0. The van der Waals surface area contributed by atoms with Crippen LogP contribution in [0.25, 0.3) is 0 Å². The van der Waals surface area contributed by atoms with Crippen molar-refractivity contribution in [1.29, 1.82) is 0 Å². The van der Waals surface area contributed by atoms with Crippen molar-refractivity contribution in [2.75, 3.05) is 5.73 Å². The first-order valence-corrected chi connectivity index (χ1v) is 5.44. The number of aryl methyl sites for hydroxylation is 1. The molecule has 1 aromatic rings. The van der Waals surface area contributed by atoms with Crippen molar-refractivity contribution in [1.82, 2.24) is 9.97 Å². The monoisotopic (exact) mass is 291 g/mol. The summed E-state index contributed by atoms with van der Waals surface area (Å²) in [5.74, 6) is 2.13. The molecule has 1 heterocycles. The van der Waals surface area contributed by atoms with E-state index in [0.717, 1.165) is 22.2 Å². The van der Waals surface area contributed by atoms with Crippen LogP contribution in [0.1, 0.15) is 26.1 Å². The summed E-state index contributed by atoms with van der Waals surface area (Å²) < 4.78 is 0.922. The molecular formula is C9H14IN3. The van der Waals surface area contributed by atoms with Crippen molar-refractivity contribution in [3.63, 3.8) is 0 Å². The highest BCUT2D eigenvalue weighted by Crippen LogP contribution is 2.11. The molecule has 0 amide bonds. The van der Waals surface area contributed by atoms with Crippen LogP contribution in [0.2, 0.25) is 0 Å². The lowest BCUT2D eigenvalue weighted by Gasteiger charge is -2.04. The summed E-state index contributed by atoms with van der Waals surface area (Å²) >= 11 is 2.13. The Hall–Kier alpha value is -0.390. The van der Waals surface area contributed by atoms with Gasteiger partial charge in [-0.15, -0.1) is 0 Å². The molecule has 0 aliphatic carbocycles. The lowest BCUT2D eigenvalue weighted by molar-refractivity contribution is 0.575. The first-order chi connectivity index (χ1) is 6.09. The molecule has 0 saturated heterocycles. The van der Waals surface area contributed by atoms with E-state index in [-0.39, 0.29) is 0 Å². The Kier molecular flexibility index (Phi) is 3.90. The standard InChI is InChI=1S/C9H14IN3/c1-6(2)3-4-8-12-5-7(10)9(11)13-8/h5-6H,3-4H2,1-2H3,(H2,11,12,13). The molecule has 0 bridgehead atoms. The quantitative estimate of drug-likeness (QED) is 0.869. The number of aromatic nitrogens is 2. The van der Waals surface area contributed by atoms with E-state index in [4.69, 9.17) is 5.73 Å². The molecule has 72 valence electrons. The van der Waals surface area contributed by atoms with Crippen molar-refractivity contribution >= 4 is 28.4 Å². The first-order valence-electron chi connectivity index (χ1n) is 4.36. The minimum Gasteiger partial charge on any atom is -0.383 e. The molecule has 1 rings (SSSR count). The fourth-order valence-corrected chi connectivity index (χ4v) is 1.22. The predicted octanol–water partition coefficient (Wildman–Crippen LogP) is 2.25. The minimum absolute atomic E-state index is 0.592. The van der Waals surface area contributed by atoms with Crippen LogP contribution in [0.5, 0.6) is 0 Å². The average molecular weight is 291 g/mol. The maximum Gasteiger partial charge on any atom is 0.140 e. The Morgan fingerprint density at radius 1 is 1.54 bits per heavy atom. The third-order valence-corrected chi connectivity index (χ3v) is 2.60. The van der Waals surface area contributed by atoms with Crippen LogP contribution in [0, 0.1) is 9.49 Å². The van der Waals surface area contributed by atoms with E-state index < -0.39 is 0 Å². The predicted molar refractivity (Wildman–Crippen MR) is 62.3 cm³/mol. The molecule has 2 N–H and O–H groups in total. The van der Waals surface area contributed by atoms with E-state index >= 15 is 0 Å². The number of nitrogens with two attached hydrogens (primary N) is 1. The molecule has 0 spiro atoms. The van der Waals surface area contributed by atoms with Crippen LogP contribution >= 0.6 is 22.6 Å². The Labute approximate surface area is 92.3 Å². The van der Waals surface area contributed by atoms with Crippen LogP contribution < -0.4 is 5.73 Å². The highest BCUT2D eigenvalue weighted by atomic mass is 127. The molecule has 0 aliphatic rings. The zero-order valence-electron chi connectivity index (χ0n) is 7.92. The molecular weight excluding hydrogens is 277 g/mol. The number of hydrogen-bond acceptors (Lipinski definition) is 3. The average Bonchev–Trinajstić information content (AvgIpc) is 2.07. The van der Waals surface area contributed by atoms with Gasteiger partial charge in [0, 0.05) is 12.6 Å². The minimum atomic E-state index is 0.592. The number of halogens is 1. The van der Waals surface area contributed by atoms with Crippen molar-refractivity contribution in [3.05, 3.63) is 15.6 Å². The molecule has 0 atom stereocenters. The van der Waals surface area contributed by atoms with Gasteiger partial charge >= 0.3 is 0 Å². The zero-order chi connectivity index (χ0) is 9.84. The topological polar surface area (TPSA) is 51.8 Å². The number of rotatable bonds is 3. The van der Waals surface area contributed by atoms with Gasteiger partial charge in [0.1, 0.15) is 11.6 Å². The van der Waals surface area contributed by atoms with Gasteiger partial charge < -0.3 is 5.73 Å². The summed E-state index contributed by atoms with van der Waals surface area (Å²) in [4.78, 5) is 8.42. The first kappa shape index (κ1) is 10.7. The highest BCUT2D eigenvalue weighted by molar-refractivity contribution is 14.1. The van der Waals surface area contributed by atoms with E-state index in [1.165, 1.54) is 0 Å². The SMILES string of the molecule is CC(C)CCc1ncc(I)c(N)n1. The summed E-state index contributed by atoms with van der Waals surface area (Å²) in [6.45, 7) is 4.38. The van der Waals surface area contributed by atoms with Crippen LogP contribution in [-0.4, -0.2) is 9.97 Å². The number of hydrogen-bond donors (Lipinski definition) is 1. The van der Waals surface area contributed by atoms with E-state index in [0.29, 0.717) is 11.7 Å². The Bertz CT molecular complexity index is 286. The molecule has 13 heavy (non-hydrogen) atoms. The van der Waals surface area contributed by atoms with Crippen LogP contribution in [0.4, 0.5) is 5.82 Å². The molecule has 3 nitrogen and oxygen atoms in total. The fraction of sp³-hybridized carbons (Fsp3) is 0.556. The second-order valence-electron chi connectivity index (χ2n) is 3.45. The van der Waals surface area contributed by atoms with Crippen LogP contribution in [-0.2, 0) is 6.42 Å². The summed E-state index contributed by atoms with van der Waals surface area (Å²) in [6.07, 6.45) is 3.80. The second kappa shape index (κ2) is 4.74. The number of anilines is 1. The fourth-order valence-electron chi connectivity index (χ4n) is 0.957. The molecule has 1 aromatic heterocycles. The summed E-state index contributed by atoms with van der Waals surface area (Å²) in [7, 11) is 0. The van der Waals surface area contributed by atoms with Gasteiger partial charge in [-0.1, -0.05) is 13.8 Å². The summed E-state index contributed by atoms with van der Waals surface area (Å²) in [6, 6.07) is 0. The number of nitrogen functional groups attached to an aromatic ring is 1. The van der Waals surface area contributed by atoms with Gasteiger partial charge in [-0.05, 0) is 34.9 Å². The van der Waals surface area contributed by atoms with Gasteiger partial charge in [0.15, 0.2) is 0 Å². The molecule has 0 saturated carbocycles. The third-order valence-electron chi connectivity index (χ3n) is 1.77. The molecule has 0 aromatic carbocycles. The van der Waals surface area contributed by atoms with Crippen LogP contribution in [0.3, 0.4) is 0 Å². The van der Waals surface area contributed by atoms with E-state index in [1.54, 1.807) is 6.20 Å². The smallest absolute Gasteiger partial charge is 0.140 e. The lowest BCUT2D eigenvalue weighted by Crippen LogP contribution is -2.03. The van der Waals surface area contributed by atoms with Gasteiger partial charge in [0.25, 0.3) is 0 Å². The zero-order valence-corrected chi connectivity index (χ0v) is 10.1. The van der Waals surface area contributed by atoms with Crippen molar-refractivity contribution in [2.45, 2.75) is 26.7 Å². The lowest BCUT2D eigenvalue weighted by atomic mass is 10.1. The molecule has 0 unspecified atom stereocenters. The Balaban J connectivity index is 2.63. The van der Waals surface area contributed by atoms with Gasteiger partial charge in [-0.3, -0.25) is 0 Å². The molecule has 0 aliphatic heterocycles. The van der Waals surface area contributed by atoms with Gasteiger partial charge in [-0.2, -0.15) is 0 Å². The molecule has 0 radical (unpaired) electrons. The molecule has 4 heteroatoms. The number of nitrogens with zero attached hydrogens (tertiary/aromatic N) is 2. The van der Waals surface area contributed by atoms with Crippen molar-refractivity contribution < 1.29 is 0 Å². The van der Waals surface area contributed by atoms with Crippen molar-refractivity contribution in [2.24, 2.45) is 5.92 Å². The van der Waals surface area contributed by atoms with E-state index in [9.17, 15) is 0 Å². The van der Waals surface area contributed by atoms with Gasteiger partial charge in [-0.25, -0.2) is 9.97 Å². The maximum atomic E-state index is 5.67. The second-order valence-corrected chi connectivity index (χ2v) is 4.61. The Morgan fingerprint density at radius 2 is 2.23 bits per heavy atom. The van der Waals surface area contributed by atoms with E-state index in [1.807, 2.05) is 0 Å².